The summed E-state index contributed by atoms with van der Waals surface area (Å²) in [5, 5.41) is 1.05. The van der Waals surface area contributed by atoms with Crippen molar-refractivity contribution >= 4 is 46.6 Å². The third kappa shape index (κ3) is 5.95. The molecule has 0 N–H and O–H groups in total. The van der Waals surface area contributed by atoms with Gasteiger partial charge in [0.2, 0.25) is 0 Å². The van der Waals surface area contributed by atoms with Gasteiger partial charge in [-0.1, -0.05) is 70.9 Å². The second-order valence-corrected chi connectivity index (χ2v) is 11.0. The summed E-state index contributed by atoms with van der Waals surface area (Å²) in [7, 11) is 1.58. The molecule has 7 nitrogen and oxygen atoms in total. The monoisotopic (exact) mass is 608 g/mol. The first-order chi connectivity index (χ1) is 19.8. The second-order valence-electron chi connectivity index (χ2n) is 9.14. The number of hydrogen-bond acceptors (Lipinski definition) is 7. The molecule has 0 fully saturated rings. The number of rotatable bonds is 8. The van der Waals surface area contributed by atoms with Crippen LogP contribution < -0.4 is 24.4 Å². The van der Waals surface area contributed by atoms with Crippen molar-refractivity contribution in [1.29, 1.82) is 0 Å². The van der Waals surface area contributed by atoms with Crippen LogP contribution >= 0.6 is 34.5 Å². The van der Waals surface area contributed by atoms with Crippen LogP contribution in [-0.4, -0.2) is 24.3 Å². The van der Waals surface area contributed by atoms with E-state index in [9.17, 15) is 9.59 Å². The van der Waals surface area contributed by atoms with E-state index in [-0.39, 0.29) is 18.8 Å². The van der Waals surface area contributed by atoms with Crippen LogP contribution in [0.5, 0.6) is 11.5 Å². The molecule has 0 radical (unpaired) electrons. The van der Waals surface area contributed by atoms with E-state index in [1.54, 1.807) is 55.9 Å². The van der Waals surface area contributed by atoms with Gasteiger partial charge in [0, 0.05) is 21.2 Å². The van der Waals surface area contributed by atoms with Gasteiger partial charge in [0.05, 0.1) is 35.6 Å². The van der Waals surface area contributed by atoms with Gasteiger partial charge in [-0.2, -0.15) is 0 Å². The van der Waals surface area contributed by atoms with Crippen LogP contribution in [0.2, 0.25) is 10.0 Å². The summed E-state index contributed by atoms with van der Waals surface area (Å²) in [6.45, 7) is 3.92. The SMILES string of the molecule is CCOC(=O)C1=C(C)N=c2s/c(=C/c3ccccc3OCc3ccc(Cl)cc3Cl)c(=O)n2[C@H]1c1ccc(OC)cc1. The first kappa shape index (κ1) is 28.7. The fourth-order valence-corrected chi connectivity index (χ4v) is 6.06. The van der Waals surface area contributed by atoms with Crippen LogP contribution in [0.1, 0.15) is 36.6 Å². The van der Waals surface area contributed by atoms with Crippen LogP contribution in [0, 0.1) is 0 Å². The molecular formula is C31H26Cl2N2O5S. The van der Waals surface area contributed by atoms with Crippen LogP contribution in [0.25, 0.3) is 6.08 Å². The number of ether oxygens (including phenoxy) is 3. The number of carbonyl (C=O) groups excluding carboxylic acids is 1. The summed E-state index contributed by atoms with van der Waals surface area (Å²) >= 11 is 13.6. The topological polar surface area (TPSA) is 79.1 Å². The van der Waals surface area contributed by atoms with E-state index < -0.39 is 12.0 Å². The fourth-order valence-electron chi connectivity index (χ4n) is 4.56. The van der Waals surface area contributed by atoms with E-state index in [1.165, 1.54) is 11.3 Å². The molecule has 0 aliphatic carbocycles. The molecule has 0 saturated carbocycles. The lowest BCUT2D eigenvalue weighted by atomic mass is 9.96. The van der Waals surface area contributed by atoms with Crippen molar-refractivity contribution in [2.75, 3.05) is 13.7 Å². The molecule has 4 aromatic rings. The number of aromatic nitrogens is 1. The van der Waals surface area contributed by atoms with Gasteiger partial charge in [0.25, 0.3) is 5.56 Å². The number of hydrogen-bond donors (Lipinski definition) is 0. The first-order valence-electron chi connectivity index (χ1n) is 12.8. The zero-order valence-electron chi connectivity index (χ0n) is 22.5. The van der Waals surface area contributed by atoms with Crippen LogP contribution in [-0.2, 0) is 16.1 Å². The number of thiazole rings is 1. The molecule has 1 aliphatic rings. The minimum absolute atomic E-state index is 0.202. The van der Waals surface area contributed by atoms with Gasteiger partial charge in [-0.05, 0) is 55.8 Å². The van der Waals surface area contributed by atoms with Gasteiger partial charge >= 0.3 is 5.97 Å². The van der Waals surface area contributed by atoms with Gasteiger partial charge in [-0.25, -0.2) is 9.79 Å². The number of carbonyl (C=O) groups is 1. The Balaban J connectivity index is 1.58. The quantitative estimate of drug-likeness (QED) is 0.240. The van der Waals surface area contributed by atoms with Crippen molar-refractivity contribution in [3.8, 4) is 11.5 Å². The molecule has 210 valence electrons. The highest BCUT2D eigenvalue weighted by molar-refractivity contribution is 7.07. The van der Waals surface area contributed by atoms with Crippen molar-refractivity contribution in [2.24, 2.45) is 4.99 Å². The maximum absolute atomic E-state index is 13.9. The summed E-state index contributed by atoms with van der Waals surface area (Å²) < 4.78 is 18.8. The number of nitrogens with zero attached hydrogens (tertiary/aromatic N) is 2. The first-order valence-corrected chi connectivity index (χ1v) is 14.4. The van der Waals surface area contributed by atoms with E-state index in [0.29, 0.717) is 47.7 Å². The summed E-state index contributed by atoms with van der Waals surface area (Å²) in [5.74, 6) is 0.735. The molecule has 1 atom stereocenters. The Bertz CT molecular complexity index is 1830. The Hall–Kier alpha value is -3.85. The molecule has 5 rings (SSSR count). The summed E-state index contributed by atoms with van der Waals surface area (Å²) in [4.78, 5) is 32.2. The predicted octanol–water partition coefficient (Wildman–Crippen LogP) is 5.69. The van der Waals surface area contributed by atoms with Crippen molar-refractivity contribution in [1.82, 2.24) is 4.57 Å². The average molecular weight is 610 g/mol. The molecule has 0 saturated heterocycles. The molecule has 0 amide bonds. The van der Waals surface area contributed by atoms with Gasteiger partial charge in [0.15, 0.2) is 4.80 Å². The molecule has 3 aromatic carbocycles. The highest BCUT2D eigenvalue weighted by Crippen LogP contribution is 2.32. The Morgan fingerprint density at radius 2 is 1.85 bits per heavy atom. The molecular weight excluding hydrogens is 583 g/mol. The van der Waals surface area contributed by atoms with Crippen LogP contribution in [0.15, 0.2) is 87.8 Å². The molecule has 0 bridgehead atoms. The lowest BCUT2D eigenvalue weighted by Gasteiger charge is -2.24. The number of benzene rings is 3. The van der Waals surface area contributed by atoms with Crippen LogP contribution in [0.3, 0.4) is 0 Å². The summed E-state index contributed by atoms with van der Waals surface area (Å²) in [6.07, 6.45) is 1.77. The summed E-state index contributed by atoms with van der Waals surface area (Å²) in [5.41, 5.74) is 2.77. The minimum Gasteiger partial charge on any atom is -0.497 e. The lowest BCUT2D eigenvalue weighted by Crippen LogP contribution is -2.39. The van der Waals surface area contributed by atoms with Gasteiger partial charge in [0.1, 0.15) is 18.1 Å². The number of methoxy groups -OCH3 is 1. The molecule has 1 aromatic heterocycles. The Morgan fingerprint density at radius 3 is 2.56 bits per heavy atom. The number of fused-ring (bicyclic) bond motifs is 1. The third-order valence-electron chi connectivity index (χ3n) is 6.55. The molecule has 41 heavy (non-hydrogen) atoms. The molecule has 0 unspecified atom stereocenters. The van der Waals surface area contributed by atoms with Gasteiger partial charge in [-0.15, -0.1) is 0 Å². The van der Waals surface area contributed by atoms with E-state index in [4.69, 9.17) is 37.4 Å². The Morgan fingerprint density at radius 1 is 1.10 bits per heavy atom. The Labute approximate surface area is 250 Å². The predicted molar refractivity (Wildman–Crippen MR) is 161 cm³/mol. The maximum Gasteiger partial charge on any atom is 0.338 e. The van der Waals surface area contributed by atoms with Gasteiger partial charge < -0.3 is 14.2 Å². The molecule has 2 heterocycles. The zero-order chi connectivity index (χ0) is 29.1. The van der Waals surface area contributed by atoms with Crippen molar-refractivity contribution < 1.29 is 19.0 Å². The number of halogens is 2. The average Bonchev–Trinajstić information content (AvgIpc) is 3.26. The van der Waals surface area contributed by atoms with E-state index in [1.807, 2.05) is 42.5 Å². The number of para-hydroxylation sites is 1. The minimum atomic E-state index is -0.711. The van der Waals surface area contributed by atoms with Crippen molar-refractivity contribution in [3.05, 3.63) is 124 Å². The van der Waals surface area contributed by atoms with E-state index in [0.717, 1.165) is 11.1 Å². The molecule has 0 spiro atoms. The highest BCUT2D eigenvalue weighted by Gasteiger charge is 2.33. The van der Waals surface area contributed by atoms with Crippen molar-refractivity contribution in [3.63, 3.8) is 0 Å². The largest absolute Gasteiger partial charge is 0.497 e. The standard InChI is InChI=1S/C31H26Cl2N2O5S/c1-4-39-30(37)27-18(2)34-31-35(28(27)19-10-13-23(38-3)14-11-19)29(36)26(41-31)15-20-7-5-6-8-25(20)40-17-21-9-12-22(32)16-24(21)33/h5-16,28H,4,17H2,1-3H3/b26-15+/t28-/m0/s1. The van der Waals surface area contributed by atoms with E-state index >= 15 is 0 Å². The van der Waals surface area contributed by atoms with Crippen molar-refractivity contribution in [2.45, 2.75) is 26.5 Å². The van der Waals surface area contributed by atoms with Crippen LogP contribution in [0.4, 0.5) is 0 Å². The lowest BCUT2D eigenvalue weighted by molar-refractivity contribution is -0.139. The second kappa shape index (κ2) is 12.3. The number of esters is 1. The Kier molecular flexibility index (Phi) is 8.63. The fraction of sp³-hybridized carbons (Fsp3) is 0.194. The normalized spacial score (nSPS) is 14.9. The maximum atomic E-state index is 13.9. The third-order valence-corrected chi connectivity index (χ3v) is 8.12. The molecule has 1 aliphatic heterocycles. The zero-order valence-corrected chi connectivity index (χ0v) is 24.8. The smallest absolute Gasteiger partial charge is 0.338 e. The molecule has 10 heteroatoms. The highest BCUT2D eigenvalue weighted by atomic mass is 35.5. The summed E-state index contributed by atoms with van der Waals surface area (Å²) in [6, 6.07) is 19.2. The number of allylic oxidation sites excluding steroid dienone is 1. The van der Waals surface area contributed by atoms with E-state index in [2.05, 4.69) is 4.99 Å². The van der Waals surface area contributed by atoms with Gasteiger partial charge in [-0.3, -0.25) is 9.36 Å².